The molecule has 0 spiro atoms. The first-order valence-electron chi connectivity index (χ1n) is 4.57. The summed E-state index contributed by atoms with van der Waals surface area (Å²) in [7, 11) is 0. The van der Waals surface area contributed by atoms with Crippen LogP contribution in [0, 0.1) is 6.92 Å². The van der Waals surface area contributed by atoms with Gasteiger partial charge in [-0.2, -0.15) is 0 Å². The van der Waals surface area contributed by atoms with Crippen LogP contribution in [0.4, 0.5) is 20.2 Å². The average Bonchev–Trinajstić information content (AvgIpc) is 2.19. The maximum atomic E-state index is 12.0. The lowest BCUT2D eigenvalue weighted by atomic mass is 10.1. The van der Waals surface area contributed by atoms with Crippen LogP contribution in [0.1, 0.15) is 15.9 Å². The van der Waals surface area contributed by atoms with Crippen molar-refractivity contribution in [2.75, 3.05) is 17.6 Å². The van der Waals surface area contributed by atoms with Gasteiger partial charge in [0.05, 0.1) is 12.1 Å². The lowest BCUT2D eigenvalue weighted by Crippen LogP contribution is -2.12. The summed E-state index contributed by atoms with van der Waals surface area (Å²) in [5, 5.41) is 11.3. The maximum Gasteiger partial charge on any atom is 0.337 e. The number of halogens is 2. The highest BCUT2D eigenvalue weighted by Crippen LogP contribution is 2.22. The normalized spacial score (nSPS) is 10.5. The highest BCUT2D eigenvalue weighted by atomic mass is 19.3. The lowest BCUT2D eigenvalue weighted by Gasteiger charge is -2.10. The Labute approximate surface area is 91.1 Å². The van der Waals surface area contributed by atoms with Crippen molar-refractivity contribution in [1.82, 2.24) is 0 Å². The van der Waals surface area contributed by atoms with Crippen molar-refractivity contribution in [1.29, 1.82) is 0 Å². The Morgan fingerprint density at radius 3 is 2.69 bits per heavy atom. The van der Waals surface area contributed by atoms with Gasteiger partial charge >= 0.3 is 5.97 Å². The molecule has 0 saturated carbocycles. The zero-order valence-corrected chi connectivity index (χ0v) is 8.63. The number of nitrogens with two attached hydrogens (primary N) is 1. The number of nitrogen functional groups attached to an aromatic ring is 1. The molecule has 16 heavy (non-hydrogen) atoms. The summed E-state index contributed by atoms with van der Waals surface area (Å²) >= 11 is 0. The van der Waals surface area contributed by atoms with Crippen molar-refractivity contribution in [3.8, 4) is 0 Å². The van der Waals surface area contributed by atoms with Crippen LogP contribution in [0.2, 0.25) is 0 Å². The largest absolute Gasteiger partial charge is 0.478 e. The smallest absolute Gasteiger partial charge is 0.337 e. The first-order valence-corrected chi connectivity index (χ1v) is 4.57. The molecular weight excluding hydrogens is 218 g/mol. The first-order chi connectivity index (χ1) is 7.41. The molecule has 6 heteroatoms. The van der Waals surface area contributed by atoms with E-state index in [0.717, 1.165) is 0 Å². The molecule has 0 fully saturated rings. The number of carbonyl (C=O) groups is 1. The van der Waals surface area contributed by atoms with Crippen LogP contribution in [-0.4, -0.2) is 24.0 Å². The van der Waals surface area contributed by atoms with E-state index in [2.05, 4.69) is 5.32 Å². The zero-order valence-electron chi connectivity index (χ0n) is 8.63. The second-order valence-corrected chi connectivity index (χ2v) is 3.33. The fourth-order valence-electron chi connectivity index (χ4n) is 1.27. The van der Waals surface area contributed by atoms with Gasteiger partial charge in [-0.15, -0.1) is 0 Å². The van der Waals surface area contributed by atoms with Gasteiger partial charge in [0.15, 0.2) is 0 Å². The van der Waals surface area contributed by atoms with E-state index in [1.165, 1.54) is 12.1 Å². The Bertz CT molecular complexity index is 408. The molecule has 0 radical (unpaired) electrons. The minimum atomic E-state index is -2.49. The third-order valence-corrected chi connectivity index (χ3v) is 2.08. The number of aromatic carboxylic acids is 1. The van der Waals surface area contributed by atoms with Crippen molar-refractivity contribution in [3.05, 3.63) is 23.3 Å². The molecule has 0 aliphatic rings. The first kappa shape index (κ1) is 12.2. The molecule has 0 aliphatic carbocycles. The second kappa shape index (κ2) is 4.78. The second-order valence-electron chi connectivity index (χ2n) is 3.33. The number of hydrogen-bond donors (Lipinski definition) is 3. The van der Waals surface area contributed by atoms with Crippen LogP contribution in [0.15, 0.2) is 12.1 Å². The number of alkyl halides is 2. The van der Waals surface area contributed by atoms with Crippen LogP contribution in [0.5, 0.6) is 0 Å². The summed E-state index contributed by atoms with van der Waals surface area (Å²) in [5.41, 5.74) is 6.48. The van der Waals surface area contributed by atoms with Gasteiger partial charge in [0.25, 0.3) is 6.43 Å². The SMILES string of the molecule is Cc1cc(NCC(F)F)cc(C(=O)O)c1N. The molecule has 0 bridgehead atoms. The molecule has 1 rings (SSSR count). The van der Waals surface area contributed by atoms with Gasteiger partial charge in [-0.25, -0.2) is 13.6 Å². The summed E-state index contributed by atoms with van der Waals surface area (Å²) in [4.78, 5) is 10.8. The van der Waals surface area contributed by atoms with Crippen molar-refractivity contribution in [3.63, 3.8) is 0 Å². The third-order valence-electron chi connectivity index (χ3n) is 2.08. The van der Waals surface area contributed by atoms with E-state index >= 15 is 0 Å². The number of carboxylic acids is 1. The summed E-state index contributed by atoms with van der Waals surface area (Å²) in [6.07, 6.45) is -2.49. The number of rotatable bonds is 4. The molecule has 0 unspecified atom stereocenters. The van der Waals surface area contributed by atoms with Crippen LogP contribution >= 0.6 is 0 Å². The third kappa shape index (κ3) is 2.82. The Morgan fingerprint density at radius 2 is 2.19 bits per heavy atom. The molecule has 1 aromatic carbocycles. The summed E-state index contributed by atoms with van der Waals surface area (Å²) < 4.78 is 23.9. The van der Waals surface area contributed by atoms with Crippen molar-refractivity contribution >= 4 is 17.3 Å². The quantitative estimate of drug-likeness (QED) is 0.691. The highest BCUT2D eigenvalue weighted by Gasteiger charge is 2.12. The molecule has 0 atom stereocenters. The summed E-state index contributed by atoms with van der Waals surface area (Å²) in [6, 6.07) is 2.78. The van der Waals surface area contributed by atoms with Gasteiger partial charge in [0.1, 0.15) is 0 Å². The summed E-state index contributed by atoms with van der Waals surface area (Å²) in [5.74, 6) is -1.18. The van der Waals surface area contributed by atoms with Crippen molar-refractivity contribution in [2.24, 2.45) is 0 Å². The highest BCUT2D eigenvalue weighted by molar-refractivity contribution is 5.95. The maximum absolute atomic E-state index is 12.0. The van der Waals surface area contributed by atoms with E-state index in [1.807, 2.05) is 0 Å². The number of aryl methyl sites for hydroxylation is 1. The molecule has 0 saturated heterocycles. The fraction of sp³-hybridized carbons (Fsp3) is 0.300. The standard InChI is InChI=1S/C10H12F2N2O2/c1-5-2-6(14-4-8(11)12)3-7(9(5)13)10(15)16/h2-3,8,14H,4,13H2,1H3,(H,15,16). The molecule has 0 aliphatic heterocycles. The van der Waals surface area contributed by atoms with E-state index in [1.54, 1.807) is 6.92 Å². The molecule has 1 aromatic rings. The molecule has 88 valence electrons. The van der Waals surface area contributed by atoms with Crippen LogP contribution < -0.4 is 11.1 Å². The number of hydrogen-bond acceptors (Lipinski definition) is 3. The molecule has 0 amide bonds. The van der Waals surface area contributed by atoms with E-state index in [9.17, 15) is 13.6 Å². The Hall–Kier alpha value is -1.85. The minimum absolute atomic E-state index is 0.0863. The van der Waals surface area contributed by atoms with Crippen LogP contribution in [-0.2, 0) is 0 Å². The van der Waals surface area contributed by atoms with E-state index in [0.29, 0.717) is 11.3 Å². The fourth-order valence-corrected chi connectivity index (χ4v) is 1.27. The van der Waals surface area contributed by atoms with Gasteiger partial charge in [-0.05, 0) is 24.6 Å². The van der Waals surface area contributed by atoms with Gasteiger partial charge in [0.2, 0.25) is 0 Å². The molecular formula is C10H12F2N2O2. The number of benzene rings is 1. The Balaban J connectivity index is 3.00. The lowest BCUT2D eigenvalue weighted by molar-refractivity contribution is 0.0698. The van der Waals surface area contributed by atoms with E-state index in [4.69, 9.17) is 10.8 Å². The molecule has 4 nitrogen and oxygen atoms in total. The van der Waals surface area contributed by atoms with Gasteiger partial charge in [-0.3, -0.25) is 0 Å². The van der Waals surface area contributed by atoms with Gasteiger partial charge in [-0.1, -0.05) is 0 Å². The van der Waals surface area contributed by atoms with Gasteiger partial charge < -0.3 is 16.2 Å². The predicted molar refractivity (Wildman–Crippen MR) is 57.0 cm³/mol. The number of nitrogens with one attached hydrogen (secondary N) is 1. The molecule has 4 N–H and O–H groups in total. The monoisotopic (exact) mass is 230 g/mol. The van der Waals surface area contributed by atoms with Crippen LogP contribution in [0.25, 0.3) is 0 Å². The van der Waals surface area contributed by atoms with Crippen LogP contribution in [0.3, 0.4) is 0 Å². The molecule has 0 aromatic heterocycles. The van der Waals surface area contributed by atoms with E-state index < -0.39 is 18.9 Å². The average molecular weight is 230 g/mol. The molecule has 0 heterocycles. The van der Waals surface area contributed by atoms with E-state index in [-0.39, 0.29) is 11.3 Å². The summed E-state index contributed by atoms with van der Waals surface area (Å²) in [6.45, 7) is 1.09. The Kier molecular flexibility index (Phi) is 3.65. The van der Waals surface area contributed by atoms with Crippen molar-refractivity contribution < 1.29 is 18.7 Å². The number of anilines is 2. The minimum Gasteiger partial charge on any atom is -0.478 e. The number of carboxylic acid groups (broad SMARTS) is 1. The van der Waals surface area contributed by atoms with Crippen molar-refractivity contribution in [2.45, 2.75) is 13.3 Å². The Morgan fingerprint density at radius 1 is 1.56 bits per heavy atom. The topological polar surface area (TPSA) is 75.3 Å². The predicted octanol–water partition coefficient (Wildman–Crippen LogP) is 1.95. The zero-order chi connectivity index (χ0) is 12.3. The van der Waals surface area contributed by atoms with Gasteiger partial charge in [0, 0.05) is 11.4 Å².